The zero-order chi connectivity index (χ0) is 14.3. The Morgan fingerprint density at radius 1 is 0.750 bits per heavy atom. The first-order valence-electron chi connectivity index (χ1n) is 8.62. The van der Waals surface area contributed by atoms with Crippen molar-refractivity contribution in [2.75, 3.05) is 13.2 Å². The topological polar surface area (TPSA) is 38.7 Å². The minimum absolute atomic E-state index is 0.126. The lowest BCUT2D eigenvalue weighted by molar-refractivity contribution is -0.221. The lowest BCUT2D eigenvalue weighted by Crippen LogP contribution is -2.35. The van der Waals surface area contributed by atoms with Gasteiger partial charge in [-0.2, -0.15) is 0 Å². The monoisotopic (exact) mass is 284 g/mol. The van der Waals surface area contributed by atoms with Crippen molar-refractivity contribution in [3.63, 3.8) is 0 Å². The molecule has 118 valence electrons. The van der Waals surface area contributed by atoms with Gasteiger partial charge in [-0.25, -0.2) is 0 Å². The Bertz CT molecular complexity index is 237. The number of aliphatic hydroxyl groups is 1. The molecule has 0 aromatic carbocycles. The van der Waals surface area contributed by atoms with Gasteiger partial charge in [0.1, 0.15) is 0 Å². The highest BCUT2D eigenvalue weighted by atomic mass is 16.6. The molecule has 0 amide bonds. The lowest BCUT2D eigenvalue weighted by atomic mass is 9.86. The molecule has 0 aliphatic heterocycles. The number of unbranched alkanes of at least 4 members (excludes halogenated alkanes) is 1. The number of ether oxygens (including phenoxy) is 2. The Balaban J connectivity index is 1.51. The summed E-state index contributed by atoms with van der Waals surface area (Å²) in [5.41, 5.74) is 0.126. The van der Waals surface area contributed by atoms with E-state index in [-0.39, 0.29) is 5.60 Å². The van der Waals surface area contributed by atoms with E-state index in [0.29, 0.717) is 6.61 Å². The highest BCUT2D eigenvalue weighted by Gasteiger charge is 2.30. The van der Waals surface area contributed by atoms with Crippen LogP contribution in [0.3, 0.4) is 0 Å². The average Bonchev–Trinajstić information content (AvgIpc) is 2.44. The summed E-state index contributed by atoms with van der Waals surface area (Å²) in [5, 5.41) is 10.2. The van der Waals surface area contributed by atoms with E-state index in [1.54, 1.807) is 0 Å². The molecule has 20 heavy (non-hydrogen) atoms. The highest BCUT2D eigenvalue weighted by Crippen LogP contribution is 2.31. The van der Waals surface area contributed by atoms with Crippen LogP contribution >= 0.6 is 0 Å². The molecule has 2 aliphatic rings. The highest BCUT2D eigenvalue weighted by molar-refractivity contribution is 4.79. The summed E-state index contributed by atoms with van der Waals surface area (Å²) in [6.45, 7) is 3.75. The molecule has 0 spiro atoms. The Hall–Kier alpha value is -0.120. The minimum Gasteiger partial charge on any atom is -0.375 e. The molecule has 0 unspecified atom stereocenters. The first kappa shape index (κ1) is 16.3. The van der Waals surface area contributed by atoms with Crippen LogP contribution in [0.1, 0.15) is 84.0 Å². The van der Waals surface area contributed by atoms with Crippen molar-refractivity contribution in [2.45, 2.75) is 95.4 Å². The van der Waals surface area contributed by atoms with Gasteiger partial charge < -0.3 is 14.6 Å². The quantitative estimate of drug-likeness (QED) is 0.563. The normalized spacial score (nSPS) is 25.5. The van der Waals surface area contributed by atoms with E-state index in [0.717, 1.165) is 45.1 Å². The maximum absolute atomic E-state index is 10.2. The van der Waals surface area contributed by atoms with Crippen molar-refractivity contribution < 1.29 is 14.6 Å². The van der Waals surface area contributed by atoms with Gasteiger partial charge in [0.05, 0.1) is 12.2 Å². The second kappa shape index (κ2) is 7.77. The van der Waals surface area contributed by atoms with E-state index < -0.39 is 5.79 Å². The van der Waals surface area contributed by atoms with E-state index in [2.05, 4.69) is 6.92 Å². The van der Waals surface area contributed by atoms with E-state index in [4.69, 9.17) is 9.47 Å². The summed E-state index contributed by atoms with van der Waals surface area (Å²) in [6, 6.07) is 0. The Morgan fingerprint density at radius 3 is 1.85 bits per heavy atom. The molecule has 3 heteroatoms. The van der Waals surface area contributed by atoms with Crippen LogP contribution < -0.4 is 0 Å². The summed E-state index contributed by atoms with van der Waals surface area (Å²) >= 11 is 0. The maximum Gasteiger partial charge on any atom is 0.165 e. The number of hydrogen-bond acceptors (Lipinski definition) is 3. The lowest BCUT2D eigenvalue weighted by Gasteiger charge is -2.34. The molecule has 0 aromatic rings. The first-order valence-corrected chi connectivity index (χ1v) is 8.62. The molecule has 0 saturated heterocycles. The van der Waals surface area contributed by atoms with Gasteiger partial charge in [-0.3, -0.25) is 0 Å². The molecule has 2 aliphatic carbocycles. The summed E-state index contributed by atoms with van der Waals surface area (Å²) in [7, 11) is 0. The predicted molar refractivity (Wildman–Crippen MR) is 80.7 cm³/mol. The van der Waals surface area contributed by atoms with Crippen molar-refractivity contribution in [3.8, 4) is 0 Å². The summed E-state index contributed by atoms with van der Waals surface area (Å²) < 4.78 is 11.8. The molecule has 0 heterocycles. The van der Waals surface area contributed by atoms with Gasteiger partial charge in [0.25, 0.3) is 0 Å². The summed E-state index contributed by atoms with van der Waals surface area (Å²) in [5.74, 6) is -0.825. The fourth-order valence-electron chi connectivity index (χ4n) is 3.48. The van der Waals surface area contributed by atoms with Crippen molar-refractivity contribution in [2.24, 2.45) is 0 Å². The van der Waals surface area contributed by atoms with E-state index in [1.165, 1.54) is 38.5 Å². The zero-order valence-electron chi connectivity index (χ0n) is 13.2. The third kappa shape index (κ3) is 5.34. The number of hydrogen-bond donors (Lipinski definition) is 1. The molecule has 2 fully saturated rings. The number of rotatable bonds is 7. The average molecular weight is 284 g/mol. The van der Waals surface area contributed by atoms with Gasteiger partial charge in [0, 0.05) is 19.4 Å². The molecule has 0 aromatic heterocycles. The van der Waals surface area contributed by atoms with E-state index in [1.807, 2.05) is 0 Å². The maximum atomic E-state index is 10.2. The third-order valence-electron chi connectivity index (χ3n) is 4.91. The molecule has 1 N–H and O–H groups in total. The first-order chi connectivity index (χ1) is 9.62. The van der Waals surface area contributed by atoms with E-state index in [9.17, 15) is 5.11 Å². The van der Waals surface area contributed by atoms with Gasteiger partial charge in [-0.05, 0) is 45.4 Å². The fourth-order valence-corrected chi connectivity index (χ4v) is 3.48. The van der Waals surface area contributed by atoms with Crippen molar-refractivity contribution in [1.29, 1.82) is 0 Å². The molecule has 0 bridgehead atoms. The van der Waals surface area contributed by atoms with Gasteiger partial charge in [0.2, 0.25) is 0 Å². The standard InChI is InChI=1S/C17H32O3/c1-16(10-4-2-5-11-16)19-14-8-9-15-20-17(18)12-6-3-7-13-17/h18H,2-15H2,1H3. The van der Waals surface area contributed by atoms with Crippen LogP contribution in [0.4, 0.5) is 0 Å². The molecular formula is C17H32O3. The van der Waals surface area contributed by atoms with Crippen molar-refractivity contribution in [1.82, 2.24) is 0 Å². The van der Waals surface area contributed by atoms with Crippen LogP contribution in [-0.2, 0) is 9.47 Å². The van der Waals surface area contributed by atoms with Crippen molar-refractivity contribution >= 4 is 0 Å². The Morgan fingerprint density at radius 2 is 1.25 bits per heavy atom. The largest absolute Gasteiger partial charge is 0.375 e. The molecule has 3 nitrogen and oxygen atoms in total. The summed E-state index contributed by atoms with van der Waals surface area (Å²) in [6.07, 6.45) is 13.5. The van der Waals surface area contributed by atoms with Gasteiger partial charge >= 0.3 is 0 Å². The Kier molecular flexibility index (Phi) is 6.31. The van der Waals surface area contributed by atoms with Crippen molar-refractivity contribution in [3.05, 3.63) is 0 Å². The van der Waals surface area contributed by atoms with Crippen LogP contribution in [0.5, 0.6) is 0 Å². The SMILES string of the molecule is CC1(OCCCCOC2(O)CCCCC2)CCCCC1. The molecule has 0 atom stereocenters. The second-order valence-corrected chi connectivity index (χ2v) is 6.92. The zero-order valence-corrected chi connectivity index (χ0v) is 13.2. The van der Waals surface area contributed by atoms with Gasteiger partial charge in [-0.1, -0.05) is 25.7 Å². The van der Waals surface area contributed by atoms with E-state index >= 15 is 0 Å². The van der Waals surface area contributed by atoms with Crippen LogP contribution in [-0.4, -0.2) is 29.7 Å². The van der Waals surface area contributed by atoms with Gasteiger partial charge in [0.15, 0.2) is 5.79 Å². The predicted octanol–water partition coefficient (Wildman–Crippen LogP) is 4.18. The second-order valence-electron chi connectivity index (χ2n) is 6.92. The smallest absolute Gasteiger partial charge is 0.165 e. The van der Waals surface area contributed by atoms with Gasteiger partial charge in [-0.15, -0.1) is 0 Å². The minimum atomic E-state index is -0.825. The molecular weight excluding hydrogens is 252 g/mol. The van der Waals surface area contributed by atoms with Crippen LogP contribution in [0.25, 0.3) is 0 Å². The molecule has 2 saturated carbocycles. The van der Waals surface area contributed by atoms with Crippen LogP contribution in [0, 0.1) is 0 Å². The Labute approximate surface area is 124 Å². The van der Waals surface area contributed by atoms with Crippen LogP contribution in [0.2, 0.25) is 0 Å². The third-order valence-corrected chi connectivity index (χ3v) is 4.91. The molecule has 2 rings (SSSR count). The fraction of sp³-hybridized carbons (Fsp3) is 1.00. The molecule has 0 radical (unpaired) electrons. The summed E-state index contributed by atoms with van der Waals surface area (Å²) in [4.78, 5) is 0. The van der Waals surface area contributed by atoms with Crippen LogP contribution in [0.15, 0.2) is 0 Å².